The first-order chi connectivity index (χ1) is 13.1. The predicted molar refractivity (Wildman–Crippen MR) is 100 cm³/mol. The van der Waals surface area contributed by atoms with Crippen molar-refractivity contribution in [2.24, 2.45) is 0 Å². The molecule has 0 saturated heterocycles. The molecule has 3 rings (SSSR count). The highest BCUT2D eigenvalue weighted by Crippen LogP contribution is 2.38. The summed E-state index contributed by atoms with van der Waals surface area (Å²) in [7, 11) is 0. The maximum Gasteiger partial charge on any atom is 0.290 e. The van der Waals surface area contributed by atoms with Crippen LogP contribution in [0.4, 0.5) is 0 Å². The topological polar surface area (TPSA) is 80.0 Å². The molecule has 0 saturated carbocycles. The van der Waals surface area contributed by atoms with E-state index < -0.39 is 23.5 Å². The van der Waals surface area contributed by atoms with Crippen LogP contribution < -0.4 is 4.74 Å². The summed E-state index contributed by atoms with van der Waals surface area (Å²) in [4.78, 5) is 26.7. The van der Waals surface area contributed by atoms with Crippen molar-refractivity contribution in [3.63, 3.8) is 0 Å². The lowest BCUT2D eigenvalue weighted by molar-refractivity contribution is -0.129. The molecule has 1 unspecified atom stereocenters. The molecule has 6 nitrogen and oxygen atoms in total. The fraction of sp³-hybridized carbons (Fsp3) is 0.238. The Labute approximate surface area is 157 Å². The van der Waals surface area contributed by atoms with Crippen LogP contribution in [0.5, 0.6) is 5.75 Å². The van der Waals surface area contributed by atoms with Crippen molar-refractivity contribution in [3.05, 3.63) is 71.4 Å². The molecule has 140 valence electrons. The van der Waals surface area contributed by atoms with Crippen LogP contribution in [0.1, 0.15) is 31.2 Å². The number of rotatable bonds is 7. The number of benzene rings is 1. The zero-order valence-electron chi connectivity index (χ0n) is 15.2. The monoisotopic (exact) mass is 367 g/mol. The van der Waals surface area contributed by atoms with E-state index in [0.717, 1.165) is 5.56 Å². The van der Waals surface area contributed by atoms with Gasteiger partial charge in [-0.25, -0.2) is 0 Å². The highest BCUT2D eigenvalue weighted by atomic mass is 16.5. The fourth-order valence-corrected chi connectivity index (χ4v) is 3.12. The first kappa shape index (κ1) is 18.5. The van der Waals surface area contributed by atoms with Gasteiger partial charge in [0.05, 0.1) is 24.5 Å². The molecule has 0 aliphatic carbocycles. The summed E-state index contributed by atoms with van der Waals surface area (Å²) in [5.41, 5.74) is 0.793. The van der Waals surface area contributed by atoms with Crippen LogP contribution in [-0.4, -0.2) is 34.8 Å². The molecule has 1 atom stereocenters. The van der Waals surface area contributed by atoms with E-state index in [2.05, 4.69) is 0 Å². The van der Waals surface area contributed by atoms with E-state index >= 15 is 0 Å². The number of ether oxygens (including phenoxy) is 1. The number of carbonyl (C=O) groups is 2. The Morgan fingerprint density at radius 3 is 2.59 bits per heavy atom. The molecule has 1 aromatic heterocycles. The maximum absolute atomic E-state index is 12.8. The SMILES string of the molecule is CCOc1ccc(C2C(C(=O)/C=C/c3ccco3)=C(O)C(=O)N2CC)cc1. The van der Waals surface area contributed by atoms with Gasteiger partial charge in [0.1, 0.15) is 11.5 Å². The number of carbonyl (C=O) groups excluding carboxylic acids is 2. The van der Waals surface area contributed by atoms with Crippen LogP contribution in [-0.2, 0) is 9.59 Å². The molecule has 0 radical (unpaired) electrons. The first-order valence-corrected chi connectivity index (χ1v) is 8.79. The van der Waals surface area contributed by atoms with Crippen molar-refractivity contribution in [1.82, 2.24) is 4.90 Å². The van der Waals surface area contributed by atoms with Gasteiger partial charge in [-0.1, -0.05) is 12.1 Å². The van der Waals surface area contributed by atoms with E-state index in [1.165, 1.54) is 23.3 Å². The zero-order chi connectivity index (χ0) is 19.4. The van der Waals surface area contributed by atoms with Gasteiger partial charge in [-0.3, -0.25) is 9.59 Å². The molecule has 1 aromatic carbocycles. The van der Waals surface area contributed by atoms with E-state index in [1.54, 1.807) is 43.3 Å². The van der Waals surface area contributed by atoms with Crippen LogP contribution in [0, 0.1) is 0 Å². The highest BCUT2D eigenvalue weighted by molar-refractivity contribution is 6.14. The Hall–Kier alpha value is -3.28. The third-order valence-electron chi connectivity index (χ3n) is 4.36. The van der Waals surface area contributed by atoms with E-state index in [9.17, 15) is 14.7 Å². The van der Waals surface area contributed by atoms with Crippen LogP contribution in [0.15, 0.2) is 64.5 Å². The van der Waals surface area contributed by atoms with Crippen LogP contribution in [0.3, 0.4) is 0 Å². The van der Waals surface area contributed by atoms with Crippen LogP contribution in [0.2, 0.25) is 0 Å². The number of hydrogen-bond donors (Lipinski definition) is 1. The van der Waals surface area contributed by atoms with Gasteiger partial charge < -0.3 is 19.2 Å². The molecule has 1 N–H and O–H groups in total. The largest absolute Gasteiger partial charge is 0.503 e. The van der Waals surface area contributed by atoms with Crippen molar-refractivity contribution in [1.29, 1.82) is 0 Å². The number of allylic oxidation sites excluding steroid dienone is 1. The molecule has 27 heavy (non-hydrogen) atoms. The minimum absolute atomic E-state index is 0.0637. The molecule has 0 fully saturated rings. The Balaban J connectivity index is 1.95. The number of ketones is 1. The molecule has 2 aromatic rings. The summed E-state index contributed by atoms with van der Waals surface area (Å²) in [5.74, 6) is -0.284. The van der Waals surface area contributed by atoms with Crippen LogP contribution >= 0.6 is 0 Å². The van der Waals surface area contributed by atoms with Crippen molar-refractivity contribution in [2.75, 3.05) is 13.2 Å². The molecular formula is C21H21NO5. The Kier molecular flexibility index (Phi) is 5.45. The number of amides is 1. The maximum atomic E-state index is 12.8. The minimum Gasteiger partial charge on any atom is -0.503 e. The average Bonchev–Trinajstić information content (AvgIpc) is 3.28. The summed E-state index contributed by atoms with van der Waals surface area (Å²) in [5, 5.41) is 10.3. The van der Waals surface area contributed by atoms with Gasteiger partial charge in [-0.05, 0) is 55.8 Å². The third kappa shape index (κ3) is 3.65. The number of likely N-dealkylation sites (N-methyl/N-ethyl adjacent to an activating group) is 1. The van der Waals surface area contributed by atoms with Crippen molar-refractivity contribution in [2.45, 2.75) is 19.9 Å². The van der Waals surface area contributed by atoms with E-state index in [-0.39, 0.29) is 5.57 Å². The van der Waals surface area contributed by atoms with E-state index in [1.807, 2.05) is 6.92 Å². The molecule has 1 aliphatic rings. The Morgan fingerprint density at radius 1 is 1.26 bits per heavy atom. The van der Waals surface area contributed by atoms with Gasteiger partial charge >= 0.3 is 0 Å². The highest BCUT2D eigenvalue weighted by Gasteiger charge is 2.42. The lowest BCUT2D eigenvalue weighted by Gasteiger charge is -2.25. The number of furan rings is 1. The number of aliphatic hydroxyl groups is 1. The van der Waals surface area contributed by atoms with Crippen molar-refractivity contribution < 1.29 is 23.8 Å². The summed E-state index contributed by atoms with van der Waals surface area (Å²) < 4.78 is 10.6. The average molecular weight is 367 g/mol. The van der Waals surface area contributed by atoms with Gasteiger partial charge in [0, 0.05) is 6.54 Å². The van der Waals surface area contributed by atoms with Gasteiger partial charge in [-0.2, -0.15) is 0 Å². The third-order valence-corrected chi connectivity index (χ3v) is 4.36. The van der Waals surface area contributed by atoms with Gasteiger partial charge in [0.2, 0.25) is 0 Å². The summed E-state index contributed by atoms with van der Waals surface area (Å²) in [6.45, 7) is 4.61. The lowest BCUT2D eigenvalue weighted by atomic mass is 9.95. The first-order valence-electron chi connectivity index (χ1n) is 8.79. The molecule has 0 spiro atoms. The van der Waals surface area contributed by atoms with Gasteiger partial charge in [0.25, 0.3) is 5.91 Å². The Bertz CT molecular complexity index is 878. The normalized spacial score (nSPS) is 17.2. The predicted octanol–water partition coefficient (Wildman–Crippen LogP) is 3.68. The minimum atomic E-state index is -0.646. The lowest BCUT2D eigenvalue weighted by Crippen LogP contribution is -2.30. The molecule has 6 heteroatoms. The summed E-state index contributed by atoms with van der Waals surface area (Å²) in [6, 6.07) is 9.94. The number of nitrogens with zero attached hydrogens (tertiary/aromatic N) is 1. The standard InChI is InChI=1S/C21H21NO5/c1-3-22-19(14-7-9-16(10-8-14)26-4-2)18(20(24)21(22)25)17(23)12-11-15-6-5-13-27-15/h5-13,19,24H,3-4H2,1-2H3/b12-11+. The molecule has 1 aliphatic heterocycles. The quantitative estimate of drug-likeness (QED) is 0.755. The second kappa shape index (κ2) is 7.95. The molecule has 1 amide bonds. The smallest absolute Gasteiger partial charge is 0.290 e. The van der Waals surface area contributed by atoms with Crippen molar-refractivity contribution in [3.8, 4) is 5.75 Å². The second-order valence-corrected chi connectivity index (χ2v) is 5.97. The fourth-order valence-electron chi connectivity index (χ4n) is 3.12. The summed E-state index contributed by atoms with van der Waals surface area (Å²) in [6.07, 6.45) is 4.32. The molecular weight excluding hydrogens is 346 g/mol. The van der Waals surface area contributed by atoms with Crippen LogP contribution in [0.25, 0.3) is 6.08 Å². The Morgan fingerprint density at radius 2 is 2.00 bits per heavy atom. The number of aliphatic hydroxyl groups excluding tert-OH is 1. The molecule has 0 bridgehead atoms. The number of hydrogen-bond acceptors (Lipinski definition) is 5. The summed E-state index contributed by atoms with van der Waals surface area (Å²) >= 11 is 0. The van der Waals surface area contributed by atoms with E-state index in [0.29, 0.717) is 24.7 Å². The second-order valence-electron chi connectivity index (χ2n) is 5.97. The van der Waals surface area contributed by atoms with E-state index in [4.69, 9.17) is 9.15 Å². The van der Waals surface area contributed by atoms with Gasteiger partial charge in [0.15, 0.2) is 11.5 Å². The van der Waals surface area contributed by atoms with Gasteiger partial charge in [-0.15, -0.1) is 0 Å². The zero-order valence-corrected chi connectivity index (χ0v) is 15.2. The molecule has 2 heterocycles. The van der Waals surface area contributed by atoms with Crippen molar-refractivity contribution >= 4 is 17.8 Å².